The third kappa shape index (κ3) is 3.31. The summed E-state index contributed by atoms with van der Waals surface area (Å²) in [5.74, 6) is -0.705. The van der Waals surface area contributed by atoms with Crippen molar-refractivity contribution in [2.24, 2.45) is 5.92 Å². The minimum absolute atomic E-state index is 0.0531. The molecule has 0 radical (unpaired) electrons. The van der Waals surface area contributed by atoms with E-state index in [0.29, 0.717) is 24.3 Å². The lowest BCUT2D eigenvalue weighted by atomic mass is 9.83. The zero-order valence-electron chi connectivity index (χ0n) is 16.0. The molecule has 1 aliphatic heterocycles. The number of rotatable bonds is 3. The van der Waals surface area contributed by atoms with Crippen molar-refractivity contribution in [2.45, 2.75) is 44.4 Å². The SMILES string of the molecule is CC1CCC2(CC1)OCC(C(=O)O)N2C(=O)c1ccc(-c2ccccc2)cc1. The topological polar surface area (TPSA) is 66.8 Å². The number of carbonyl (C=O) groups is 2. The summed E-state index contributed by atoms with van der Waals surface area (Å²) in [6, 6.07) is 16.4. The number of ether oxygens (including phenoxy) is 1. The zero-order chi connectivity index (χ0) is 19.7. The van der Waals surface area contributed by atoms with E-state index in [4.69, 9.17) is 4.74 Å². The molecular weight excluding hydrogens is 354 g/mol. The van der Waals surface area contributed by atoms with E-state index in [1.807, 2.05) is 42.5 Å². The molecule has 1 spiro atoms. The molecule has 0 bridgehead atoms. The molecule has 1 heterocycles. The van der Waals surface area contributed by atoms with Gasteiger partial charge in [0.25, 0.3) is 5.91 Å². The van der Waals surface area contributed by atoms with Gasteiger partial charge in [-0.05, 0) is 54.9 Å². The predicted molar refractivity (Wildman–Crippen MR) is 106 cm³/mol. The Bertz CT molecular complexity index is 854. The minimum Gasteiger partial charge on any atom is -0.480 e. The lowest BCUT2D eigenvalue weighted by Crippen LogP contribution is -2.55. The first kappa shape index (κ1) is 18.7. The fraction of sp³-hybridized carbons (Fsp3) is 0.391. The Balaban J connectivity index is 1.63. The van der Waals surface area contributed by atoms with Gasteiger partial charge in [0.1, 0.15) is 5.72 Å². The molecule has 5 nitrogen and oxygen atoms in total. The average Bonchev–Trinajstić information content (AvgIpc) is 3.10. The van der Waals surface area contributed by atoms with Gasteiger partial charge in [-0.25, -0.2) is 4.79 Å². The Morgan fingerprint density at radius 1 is 1.00 bits per heavy atom. The molecule has 1 saturated carbocycles. The maximum Gasteiger partial charge on any atom is 0.328 e. The first-order chi connectivity index (χ1) is 13.5. The summed E-state index contributed by atoms with van der Waals surface area (Å²) in [4.78, 5) is 26.6. The average molecular weight is 379 g/mol. The molecule has 2 aliphatic rings. The van der Waals surface area contributed by atoms with Gasteiger partial charge in [-0.2, -0.15) is 0 Å². The number of amides is 1. The van der Waals surface area contributed by atoms with Gasteiger partial charge in [-0.15, -0.1) is 0 Å². The molecule has 1 unspecified atom stereocenters. The summed E-state index contributed by atoms with van der Waals surface area (Å²) < 4.78 is 5.98. The van der Waals surface area contributed by atoms with E-state index in [0.717, 1.165) is 24.0 Å². The van der Waals surface area contributed by atoms with E-state index in [2.05, 4.69) is 6.92 Å². The number of carboxylic acids is 1. The number of hydrogen-bond donors (Lipinski definition) is 1. The number of carbonyl (C=O) groups excluding carboxylic acids is 1. The quantitative estimate of drug-likeness (QED) is 0.869. The van der Waals surface area contributed by atoms with Crippen LogP contribution in [-0.4, -0.2) is 40.3 Å². The highest BCUT2D eigenvalue weighted by molar-refractivity contribution is 5.97. The van der Waals surface area contributed by atoms with E-state index in [-0.39, 0.29) is 12.5 Å². The van der Waals surface area contributed by atoms with Gasteiger partial charge in [0.2, 0.25) is 0 Å². The summed E-state index contributed by atoms with van der Waals surface area (Å²) in [5, 5.41) is 9.66. The Hall–Kier alpha value is -2.66. The Kier molecular flexibility index (Phi) is 4.94. The molecule has 28 heavy (non-hydrogen) atoms. The van der Waals surface area contributed by atoms with Crippen molar-refractivity contribution in [1.82, 2.24) is 4.90 Å². The highest BCUT2D eigenvalue weighted by Gasteiger charge is 2.53. The second-order valence-electron chi connectivity index (χ2n) is 7.91. The zero-order valence-corrected chi connectivity index (χ0v) is 16.0. The van der Waals surface area contributed by atoms with Crippen molar-refractivity contribution >= 4 is 11.9 Å². The van der Waals surface area contributed by atoms with Crippen molar-refractivity contribution in [3.63, 3.8) is 0 Å². The van der Waals surface area contributed by atoms with Crippen molar-refractivity contribution in [3.8, 4) is 11.1 Å². The monoisotopic (exact) mass is 379 g/mol. The molecule has 146 valence electrons. The second kappa shape index (κ2) is 7.40. The molecule has 1 saturated heterocycles. The summed E-state index contributed by atoms with van der Waals surface area (Å²) in [6.07, 6.45) is 3.24. The fourth-order valence-corrected chi connectivity index (χ4v) is 4.34. The number of aliphatic carboxylic acids is 1. The van der Waals surface area contributed by atoms with E-state index < -0.39 is 17.7 Å². The van der Waals surface area contributed by atoms with Crippen LogP contribution in [0.4, 0.5) is 0 Å². The molecule has 2 aromatic carbocycles. The van der Waals surface area contributed by atoms with Crippen LogP contribution >= 0.6 is 0 Å². The third-order valence-electron chi connectivity index (χ3n) is 6.06. The highest BCUT2D eigenvalue weighted by atomic mass is 16.5. The number of benzene rings is 2. The normalized spacial score (nSPS) is 27.1. The Morgan fingerprint density at radius 3 is 2.21 bits per heavy atom. The standard InChI is InChI=1S/C23H25NO4/c1-16-11-13-23(14-12-16)24(20(15-28-23)22(26)27)21(25)19-9-7-18(8-10-19)17-5-3-2-4-6-17/h2-10,16,20H,11-15H2,1H3,(H,26,27). The maximum atomic E-state index is 13.3. The second-order valence-corrected chi connectivity index (χ2v) is 7.91. The van der Waals surface area contributed by atoms with Crippen molar-refractivity contribution < 1.29 is 19.4 Å². The smallest absolute Gasteiger partial charge is 0.328 e. The van der Waals surface area contributed by atoms with Gasteiger partial charge in [0.05, 0.1) is 6.61 Å². The molecule has 1 aliphatic carbocycles. The van der Waals surface area contributed by atoms with Crippen LogP contribution in [0.15, 0.2) is 54.6 Å². The summed E-state index contributed by atoms with van der Waals surface area (Å²) in [7, 11) is 0. The van der Waals surface area contributed by atoms with E-state index >= 15 is 0 Å². The predicted octanol–water partition coefficient (Wildman–Crippen LogP) is 4.19. The van der Waals surface area contributed by atoms with Crippen molar-refractivity contribution in [3.05, 3.63) is 60.2 Å². The van der Waals surface area contributed by atoms with E-state index in [9.17, 15) is 14.7 Å². The van der Waals surface area contributed by atoms with Crippen LogP contribution in [0.1, 0.15) is 43.0 Å². The third-order valence-corrected chi connectivity index (χ3v) is 6.06. The molecule has 0 aromatic heterocycles. The number of nitrogens with zero attached hydrogens (tertiary/aromatic N) is 1. The highest BCUT2D eigenvalue weighted by Crippen LogP contribution is 2.43. The van der Waals surface area contributed by atoms with Crippen LogP contribution < -0.4 is 0 Å². The van der Waals surface area contributed by atoms with Gasteiger partial charge >= 0.3 is 5.97 Å². The van der Waals surface area contributed by atoms with Gasteiger partial charge in [-0.1, -0.05) is 49.4 Å². The molecule has 1 amide bonds. The summed E-state index contributed by atoms with van der Waals surface area (Å²) in [5.41, 5.74) is 1.80. The van der Waals surface area contributed by atoms with Gasteiger partial charge in [0, 0.05) is 5.56 Å². The van der Waals surface area contributed by atoms with E-state index in [1.165, 1.54) is 4.90 Å². The molecule has 5 heteroatoms. The Labute approximate surface area is 164 Å². The number of hydrogen-bond acceptors (Lipinski definition) is 3. The fourth-order valence-electron chi connectivity index (χ4n) is 4.34. The van der Waals surface area contributed by atoms with Gasteiger partial charge < -0.3 is 9.84 Å². The molecule has 2 aromatic rings. The molecular formula is C23H25NO4. The van der Waals surface area contributed by atoms with Crippen LogP contribution in [0.5, 0.6) is 0 Å². The van der Waals surface area contributed by atoms with Crippen molar-refractivity contribution in [1.29, 1.82) is 0 Å². The largest absolute Gasteiger partial charge is 0.480 e. The van der Waals surface area contributed by atoms with Crippen LogP contribution in [0.25, 0.3) is 11.1 Å². The molecule has 4 rings (SSSR count). The molecule has 2 fully saturated rings. The summed E-state index contributed by atoms with van der Waals surface area (Å²) >= 11 is 0. The Morgan fingerprint density at radius 2 is 1.61 bits per heavy atom. The van der Waals surface area contributed by atoms with Gasteiger partial charge in [-0.3, -0.25) is 9.69 Å². The lowest BCUT2D eigenvalue weighted by Gasteiger charge is -2.42. The summed E-state index contributed by atoms with van der Waals surface area (Å²) in [6.45, 7) is 2.24. The first-order valence-corrected chi connectivity index (χ1v) is 9.86. The van der Waals surface area contributed by atoms with Crippen LogP contribution in [0.2, 0.25) is 0 Å². The molecule has 1 N–H and O–H groups in total. The van der Waals surface area contributed by atoms with E-state index in [1.54, 1.807) is 12.1 Å². The number of carboxylic acid groups (broad SMARTS) is 1. The lowest BCUT2D eigenvalue weighted by molar-refractivity contribution is -0.143. The van der Waals surface area contributed by atoms with Crippen LogP contribution in [-0.2, 0) is 9.53 Å². The van der Waals surface area contributed by atoms with Crippen LogP contribution in [0, 0.1) is 5.92 Å². The van der Waals surface area contributed by atoms with Gasteiger partial charge in [0.15, 0.2) is 6.04 Å². The van der Waals surface area contributed by atoms with Crippen molar-refractivity contribution in [2.75, 3.05) is 6.61 Å². The first-order valence-electron chi connectivity index (χ1n) is 9.86. The maximum absolute atomic E-state index is 13.3. The van der Waals surface area contributed by atoms with Crippen LogP contribution in [0.3, 0.4) is 0 Å². The minimum atomic E-state index is -1.01. The molecule has 1 atom stereocenters.